The molecule has 2 aliphatic rings. The van der Waals surface area contributed by atoms with Crippen molar-refractivity contribution in [2.24, 2.45) is 11.8 Å². The minimum absolute atomic E-state index is 0.315. The Morgan fingerprint density at radius 3 is 2.39 bits per heavy atom. The highest BCUT2D eigenvalue weighted by molar-refractivity contribution is 5.98. The summed E-state index contributed by atoms with van der Waals surface area (Å²) >= 11 is 0. The Morgan fingerprint density at radius 1 is 0.957 bits per heavy atom. The van der Waals surface area contributed by atoms with E-state index >= 15 is 0 Å². The molecule has 2 aliphatic heterocycles. The van der Waals surface area contributed by atoms with E-state index in [-0.39, 0.29) is 5.91 Å². The number of hydrogen-bond donors (Lipinski definition) is 2. The second kappa shape index (κ2) is 5.21. The van der Waals surface area contributed by atoms with Gasteiger partial charge < -0.3 is 15.2 Å². The summed E-state index contributed by atoms with van der Waals surface area (Å²) < 4.78 is 5.54. The molecule has 0 saturated carbocycles. The lowest BCUT2D eigenvalue weighted by molar-refractivity contribution is -0.145. The summed E-state index contributed by atoms with van der Waals surface area (Å²) in [6.45, 7) is 0. The van der Waals surface area contributed by atoms with Gasteiger partial charge in [0.25, 0.3) is 0 Å². The van der Waals surface area contributed by atoms with Gasteiger partial charge >= 0.3 is 5.97 Å². The van der Waals surface area contributed by atoms with Crippen LogP contribution >= 0.6 is 0 Å². The molecule has 1 fully saturated rings. The fourth-order valence-corrected chi connectivity index (χ4v) is 3.41. The zero-order valence-electron chi connectivity index (χ0n) is 12.2. The molecule has 5 heteroatoms. The SMILES string of the molecule is O=C(O)[C@@H]1[C@@H](C(=O)Nc2ccc3ccccc3c2)[C@H]2C=C[C@H]1O2. The summed E-state index contributed by atoms with van der Waals surface area (Å²) in [5.41, 5.74) is 0.657. The molecule has 2 heterocycles. The fraction of sp³-hybridized carbons (Fsp3) is 0.222. The highest BCUT2D eigenvalue weighted by atomic mass is 16.5. The highest BCUT2D eigenvalue weighted by Crippen LogP contribution is 2.39. The van der Waals surface area contributed by atoms with Crippen LogP contribution in [0.4, 0.5) is 5.69 Å². The monoisotopic (exact) mass is 309 g/mol. The molecule has 4 atom stereocenters. The molecule has 2 aromatic carbocycles. The molecule has 0 unspecified atom stereocenters. The number of carbonyl (C=O) groups is 2. The number of nitrogens with one attached hydrogen (secondary N) is 1. The number of amides is 1. The lowest BCUT2D eigenvalue weighted by Gasteiger charge is -2.21. The first-order valence-electron chi connectivity index (χ1n) is 7.50. The molecule has 2 aromatic rings. The number of aliphatic carboxylic acids is 1. The topological polar surface area (TPSA) is 75.6 Å². The van der Waals surface area contributed by atoms with E-state index < -0.39 is 30.0 Å². The molecule has 0 aliphatic carbocycles. The normalized spacial score (nSPS) is 28.2. The molecular weight excluding hydrogens is 294 g/mol. The van der Waals surface area contributed by atoms with Crippen LogP contribution in [0.3, 0.4) is 0 Å². The molecule has 0 aromatic heterocycles. The van der Waals surface area contributed by atoms with E-state index in [4.69, 9.17) is 4.74 Å². The number of ether oxygens (including phenoxy) is 1. The first-order valence-corrected chi connectivity index (χ1v) is 7.50. The first kappa shape index (κ1) is 14.0. The van der Waals surface area contributed by atoms with Gasteiger partial charge in [-0.1, -0.05) is 42.5 Å². The van der Waals surface area contributed by atoms with E-state index in [0.717, 1.165) is 10.8 Å². The number of benzene rings is 2. The number of rotatable bonds is 3. The maximum atomic E-state index is 12.6. The maximum Gasteiger partial charge on any atom is 0.310 e. The van der Waals surface area contributed by atoms with Crippen molar-refractivity contribution >= 4 is 28.3 Å². The Kier molecular flexibility index (Phi) is 3.16. The smallest absolute Gasteiger partial charge is 0.310 e. The van der Waals surface area contributed by atoms with Crippen molar-refractivity contribution in [2.75, 3.05) is 5.32 Å². The number of hydrogen-bond acceptors (Lipinski definition) is 3. The Labute approximate surface area is 132 Å². The van der Waals surface area contributed by atoms with Crippen LogP contribution in [-0.2, 0) is 14.3 Å². The van der Waals surface area contributed by atoms with Crippen molar-refractivity contribution in [1.29, 1.82) is 0 Å². The maximum absolute atomic E-state index is 12.6. The highest BCUT2D eigenvalue weighted by Gasteiger charge is 2.53. The van der Waals surface area contributed by atoms with Gasteiger partial charge in [0.15, 0.2) is 0 Å². The van der Waals surface area contributed by atoms with E-state index in [1.54, 1.807) is 12.2 Å². The van der Waals surface area contributed by atoms with Gasteiger partial charge in [0, 0.05) is 5.69 Å². The van der Waals surface area contributed by atoms with Crippen molar-refractivity contribution in [2.45, 2.75) is 12.2 Å². The van der Waals surface area contributed by atoms with E-state index in [0.29, 0.717) is 5.69 Å². The van der Waals surface area contributed by atoms with E-state index in [1.807, 2.05) is 42.5 Å². The van der Waals surface area contributed by atoms with E-state index in [2.05, 4.69) is 5.32 Å². The van der Waals surface area contributed by atoms with E-state index in [9.17, 15) is 14.7 Å². The van der Waals surface area contributed by atoms with Gasteiger partial charge in [-0.3, -0.25) is 9.59 Å². The van der Waals surface area contributed by atoms with Crippen LogP contribution in [0.25, 0.3) is 10.8 Å². The zero-order valence-corrected chi connectivity index (χ0v) is 12.2. The largest absolute Gasteiger partial charge is 0.481 e. The second-order valence-electron chi connectivity index (χ2n) is 5.89. The van der Waals surface area contributed by atoms with Crippen LogP contribution in [-0.4, -0.2) is 29.2 Å². The van der Waals surface area contributed by atoms with Crippen LogP contribution in [0.1, 0.15) is 0 Å². The predicted octanol–water partition coefficient (Wildman–Crippen LogP) is 2.43. The number of fused-ring (bicyclic) bond motifs is 3. The van der Waals surface area contributed by atoms with Gasteiger partial charge in [-0.05, 0) is 22.9 Å². The van der Waals surface area contributed by atoms with E-state index in [1.165, 1.54) is 0 Å². The third-order valence-electron chi connectivity index (χ3n) is 4.50. The molecule has 1 amide bonds. The Balaban J connectivity index is 1.59. The summed E-state index contributed by atoms with van der Waals surface area (Å²) in [4.78, 5) is 24.0. The summed E-state index contributed by atoms with van der Waals surface area (Å²) in [5, 5.41) is 14.3. The summed E-state index contributed by atoms with van der Waals surface area (Å²) in [7, 11) is 0. The van der Waals surface area contributed by atoms with Crippen LogP contribution < -0.4 is 5.32 Å². The van der Waals surface area contributed by atoms with Crippen molar-refractivity contribution in [3.8, 4) is 0 Å². The summed E-state index contributed by atoms with van der Waals surface area (Å²) in [6, 6.07) is 13.5. The number of carboxylic acid groups (broad SMARTS) is 1. The number of carbonyl (C=O) groups excluding carboxylic acids is 1. The van der Waals surface area contributed by atoms with Crippen LogP contribution in [0.15, 0.2) is 54.6 Å². The number of carboxylic acids is 1. The molecule has 1 saturated heterocycles. The average Bonchev–Trinajstić information content (AvgIpc) is 3.15. The fourth-order valence-electron chi connectivity index (χ4n) is 3.41. The molecule has 2 bridgehead atoms. The predicted molar refractivity (Wildman–Crippen MR) is 85.0 cm³/mol. The van der Waals surface area contributed by atoms with Crippen LogP contribution in [0.2, 0.25) is 0 Å². The van der Waals surface area contributed by atoms with Gasteiger partial charge in [-0.15, -0.1) is 0 Å². The third kappa shape index (κ3) is 2.29. The van der Waals surface area contributed by atoms with Crippen molar-refractivity contribution < 1.29 is 19.4 Å². The van der Waals surface area contributed by atoms with Crippen molar-refractivity contribution in [3.05, 3.63) is 54.6 Å². The van der Waals surface area contributed by atoms with Gasteiger partial charge in [0.2, 0.25) is 5.91 Å². The molecule has 23 heavy (non-hydrogen) atoms. The van der Waals surface area contributed by atoms with Gasteiger partial charge in [-0.2, -0.15) is 0 Å². The molecule has 0 spiro atoms. The Bertz CT molecular complexity index is 829. The summed E-state index contributed by atoms with van der Waals surface area (Å²) in [5.74, 6) is -2.84. The molecule has 2 N–H and O–H groups in total. The average molecular weight is 309 g/mol. The molecular formula is C18H15NO4. The molecule has 116 valence electrons. The minimum Gasteiger partial charge on any atom is -0.481 e. The second-order valence-corrected chi connectivity index (χ2v) is 5.89. The van der Waals surface area contributed by atoms with Crippen molar-refractivity contribution in [1.82, 2.24) is 0 Å². The quantitative estimate of drug-likeness (QED) is 0.854. The first-order chi connectivity index (χ1) is 11.1. The lowest BCUT2D eigenvalue weighted by atomic mass is 9.82. The Morgan fingerprint density at radius 2 is 1.65 bits per heavy atom. The zero-order chi connectivity index (χ0) is 16.0. The molecule has 4 rings (SSSR count). The number of anilines is 1. The summed E-state index contributed by atoms with van der Waals surface area (Å²) in [6.07, 6.45) is 2.53. The van der Waals surface area contributed by atoms with Crippen LogP contribution in [0.5, 0.6) is 0 Å². The lowest BCUT2D eigenvalue weighted by Crippen LogP contribution is -2.39. The van der Waals surface area contributed by atoms with Gasteiger partial charge in [0.1, 0.15) is 5.92 Å². The third-order valence-corrected chi connectivity index (χ3v) is 4.50. The minimum atomic E-state index is -1.000. The Hall–Kier alpha value is -2.66. The molecule has 5 nitrogen and oxygen atoms in total. The van der Waals surface area contributed by atoms with Crippen LogP contribution in [0, 0.1) is 11.8 Å². The molecule has 0 radical (unpaired) electrons. The van der Waals surface area contributed by atoms with Gasteiger partial charge in [0.05, 0.1) is 18.1 Å². The standard InChI is InChI=1S/C18H15NO4/c20-17(15-13-7-8-14(23-13)16(15)18(21)22)19-12-6-5-10-3-1-2-4-11(10)9-12/h1-9,13-16H,(H,19,20)(H,21,22)/t13-,14-,15+,16+/m1/s1. The van der Waals surface area contributed by atoms with Gasteiger partial charge in [-0.25, -0.2) is 0 Å². The van der Waals surface area contributed by atoms with Crippen molar-refractivity contribution in [3.63, 3.8) is 0 Å².